The Morgan fingerprint density at radius 2 is 1.94 bits per heavy atom. The summed E-state index contributed by atoms with van der Waals surface area (Å²) < 4.78 is 13.4. The molecule has 1 rings (SSSR count). The number of rotatable bonds is 4. The molecule has 0 aromatic heterocycles. The molecule has 0 spiro atoms. The molecule has 0 aliphatic rings. The molecule has 0 bridgehead atoms. The SMILES string of the molecule is CC(C)(C)C(CBr)CSc1ccccc1F. The fraction of sp³-hybridized carbons (Fsp3) is 0.538. The first-order valence-corrected chi connectivity index (χ1v) is 7.49. The molecular weight excluding hydrogens is 287 g/mol. The topological polar surface area (TPSA) is 0 Å². The van der Waals surface area contributed by atoms with Crippen LogP contribution < -0.4 is 0 Å². The maximum Gasteiger partial charge on any atom is 0.136 e. The van der Waals surface area contributed by atoms with Gasteiger partial charge in [0.1, 0.15) is 5.82 Å². The fourth-order valence-electron chi connectivity index (χ4n) is 1.28. The van der Waals surface area contributed by atoms with E-state index in [4.69, 9.17) is 0 Å². The van der Waals surface area contributed by atoms with E-state index in [1.165, 1.54) is 6.07 Å². The van der Waals surface area contributed by atoms with Gasteiger partial charge in [-0.1, -0.05) is 48.8 Å². The molecule has 0 N–H and O–H groups in total. The van der Waals surface area contributed by atoms with Gasteiger partial charge in [0.15, 0.2) is 0 Å². The normalized spacial score (nSPS) is 13.8. The van der Waals surface area contributed by atoms with Gasteiger partial charge in [-0.05, 0) is 23.5 Å². The molecule has 90 valence electrons. The quantitative estimate of drug-likeness (QED) is 0.559. The molecule has 0 saturated carbocycles. The number of halogens is 2. The fourth-order valence-corrected chi connectivity index (χ4v) is 4.16. The predicted octanol–water partition coefficient (Wildman–Crippen LogP) is 4.98. The number of alkyl halides is 1. The van der Waals surface area contributed by atoms with Gasteiger partial charge in [-0.2, -0.15) is 0 Å². The molecule has 0 heterocycles. The summed E-state index contributed by atoms with van der Waals surface area (Å²) in [7, 11) is 0. The maximum atomic E-state index is 13.4. The molecular formula is C13H18BrFS. The zero-order chi connectivity index (χ0) is 12.2. The van der Waals surface area contributed by atoms with Crippen molar-refractivity contribution in [3.8, 4) is 0 Å². The minimum Gasteiger partial charge on any atom is -0.206 e. The molecule has 0 saturated heterocycles. The third kappa shape index (κ3) is 4.10. The Labute approximate surface area is 110 Å². The second-order valence-electron chi connectivity index (χ2n) is 4.96. The predicted molar refractivity (Wildman–Crippen MR) is 73.9 cm³/mol. The van der Waals surface area contributed by atoms with Crippen LogP contribution in [0.25, 0.3) is 0 Å². The van der Waals surface area contributed by atoms with E-state index in [1.807, 2.05) is 12.1 Å². The minimum atomic E-state index is -0.116. The van der Waals surface area contributed by atoms with E-state index < -0.39 is 0 Å². The maximum absolute atomic E-state index is 13.4. The average molecular weight is 305 g/mol. The van der Waals surface area contributed by atoms with Crippen LogP contribution in [0.1, 0.15) is 20.8 Å². The minimum absolute atomic E-state index is 0.116. The molecule has 1 atom stereocenters. The highest BCUT2D eigenvalue weighted by Gasteiger charge is 2.23. The molecule has 1 unspecified atom stereocenters. The molecule has 0 aliphatic heterocycles. The van der Waals surface area contributed by atoms with Gasteiger partial charge in [-0.25, -0.2) is 4.39 Å². The van der Waals surface area contributed by atoms with Crippen LogP contribution in [0, 0.1) is 17.2 Å². The van der Waals surface area contributed by atoms with Gasteiger partial charge in [0.05, 0.1) is 0 Å². The van der Waals surface area contributed by atoms with Crippen LogP contribution >= 0.6 is 27.7 Å². The summed E-state index contributed by atoms with van der Waals surface area (Å²) in [6.45, 7) is 6.67. The lowest BCUT2D eigenvalue weighted by Crippen LogP contribution is -2.24. The van der Waals surface area contributed by atoms with Crippen molar-refractivity contribution >= 4 is 27.7 Å². The molecule has 0 nitrogen and oxygen atoms in total. The van der Waals surface area contributed by atoms with Crippen LogP contribution in [0.5, 0.6) is 0 Å². The molecule has 16 heavy (non-hydrogen) atoms. The van der Waals surface area contributed by atoms with E-state index in [-0.39, 0.29) is 11.2 Å². The van der Waals surface area contributed by atoms with E-state index in [0.29, 0.717) is 5.92 Å². The molecule has 1 aromatic rings. The van der Waals surface area contributed by atoms with Gasteiger partial charge in [-0.3, -0.25) is 0 Å². The Morgan fingerprint density at radius 3 is 2.44 bits per heavy atom. The van der Waals surface area contributed by atoms with Crippen LogP contribution in [0.4, 0.5) is 4.39 Å². The van der Waals surface area contributed by atoms with Crippen molar-refractivity contribution in [1.82, 2.24) is 0 Å². The highest BCUT2D eigenvalue weighted by molar-refractivity contribution is 9.09. The van der Waals surface area contributed by atoms with Crippen LogP contribution in [0.3, 0.4) is 0 Å². The first-order chi connectivity index (χ1) is 7.45. The van der Waals surface area contributed by atoms with Crippen LogP contribution in [-0.4, -0.2) is 11.1 Å². The summed E-state index contributed by atoms with van der Waals surface area (Å²) in [6.07, 6.45) is 0. The number of hydrogen-bond donors (Lipinski definition) is 0. The number of hydrogen-bond acceptors (Lipinski definition) is 1. The highest BCUT2D eigenvalue weighted by Crippen LogP contribution is 2.33. The van der Waals surface area contributed by atoms with Gasteiger partial charge in [0, 0.05) is 16.0 Å². The molecule has 0 radical (unpaired) electrons. The Bertz CT molecular complexity index is 333. The second kappa shape index (κ2) is 6.06. The van der Waals surface area contributed by atoms with Gasteiger partial charge in [0.2, 0.25) is 0 Å². The lowest BCUT2D eigenvalue weighted by molar-refractivity contribution is 0.295. The zero-order valence-electron chi connectivity index (χ0n) is 9.97. The van der Waals surface area contributed by atoms with Gasteiger partial charge >= 0.3 is 0 Å². The van der Waals surface area contributed by atoms with Crippen LogP contribution in [-0.2, 0) is 0 Å². The van der Waals surface area contributed by atoms with Crippen molar-refractivity contribution in [2.45, 2.75) is 25.7 Å². The van der Waals surface area contributed by atoms with Crippen molar-refractivity contribution in [2.75, 3.05) is 11.1 Å². The Morgan fingerprint density at radius 1 is 1.31 bits per heavy atom. The van der Waals surface area contributed by atoms with Gasteiger partial charge in [-0.15, -0.1) is 11.8 Å². The summed E-state index contributed by atoms with van der Waals surface area (Å²) in [5.41, 5.74) is 0.252. The third-order valence-electron chi connectivity index (χ3n) is 2.69. The third-order valence-corrected chi connectivity index (χ3v) is 4.68. The lowest BCUT2D eigenvalue weighted by atomic mass is 9.83. The highest BCUT2D eigenvalue weighted by atomic mass is 79.9. The van der Waals surface area contributed by atoms with E-state index >= 15 is 0 Å². The van der Waals surface area contributed by atoms with Crippen LogP contribution in [0.15, 0.2) is 29.2 Å². The second-order valence-corrected chi connectivity index (χ2v) is 6.67. The molecule has 1 aromatic carbocycles. The summed E-state index contributed by atoms with van der Waals surface area (Å²) in [5, 5.41) is 0.956. The Kier molecular flexibility index (Phi) is 5.32. The monoisotopic (exact) mass is 304 g/mol. The zero-order valence-corrected chi connectivity index (χ0v) is 12.4. The number of thioether (sulfide) groups is 1. The first kappa shape index (κ1) is 14.0. The van der Waals surface area contributed by atoms with E-state index in [0.717, 1.165) is 16.0 Å². The van der Waals surface area contributed by atoms with Crippen LogP contribution in [0.2, 0.25) is 0 Å². The largest absolute Gasteiger partial charge is 0.206 e. The van der Waals surface area contributed by atoms with Gasteiger partial charge in [0.25, 0.3) is 0 Å². The van der Waals surface area contributed by atoms with Crippen molar-refractivity contribution < 1.29 is 4.39 Å². The summed E-state index contributed by atoms with van der Waals surface area (Å²) in [5.74, 6) is 1.36. The van der Waals surface area contributed by atoms with Gasteiger partial charge < -0.3 is 0 Å². The molecule has 0 amide bonds. The van der Waals surface area contributed by atoms with Crippen molar-refractivity contribution in [2.24, 2.45) is 11.3 Å². The summed E-state index contributed by atoms with van der Waals surface area (Å²) in [6, 6.07) is 6.97. The molecule has 3 heteroatoms. The standard InChI is InChI=1S/C13H18BrFS/c1-13(2,3)10(8-14)9-16-12-7-5-4-6-11(12)15/h4-7,10H,8-9H2,1-3H3. The molecule has 0 aliphatic carbocycles. The summed E-state index contributed by atoms with van der Waals surface area (Å²) in [4.78, 5) is 0.748. The number of benzene rings is 1. The van der Waals surface area contributed by atoms with E-state index in [9.17, 15) is 4.39 Å². The van der Waals surface area contributed by atoms with Crippen molar-refractivity contribution in [3.63, 3.8) is 0 Å². The van der Waals surface area contributed by atoms with Crippen molar-refractivity contribution in [1.29, 1.82) is 0 Å². The van der Waals surface area contributed by atoms with Crippen molar-refractivity contribution in [3.05, 3.63) is 30.1 Å². The lowest BCUT2D eigenvalue weighted by Gasteiger charge is -2.28. The Balaban J connectivity index is 2.60. The van der Waals surface area contributed by atoms with E-state index in [1.54, 1.807) is 17.8 Å². The summed E-state index contributed by atoms with van der Waals surface area (Å²) >= 11 is 5.14. The smallest absolute Gasteiger partial charge is 0.136 e. The average Bonchev–Trinajstić information content (AvgIpc) is 2.19. The molecule has 0 fully saturated rings. The van der Waals surface area contributed by atoms with E-state index in [2.05, 4.69) is 36.7 Å². The first-order valence-electron chi connectivity index (χ1n) is 5.38. The Hall–Kier alpha value is -0.0200.